The SMILES string of the molecule is N=C(N=C(N)C(F)(F)C(F)(F)C(F)(F)C(F)(F)C(N)=NC(=N)c1ccccc1)c1ccccc1. The monoisotopic (exact) mass is 492 g/mol. The molecule has 0 aromatic heterocycles. The van der Waals surface area contributed by atoms with Crippen LogP contribution in [0.3, 0.4) is 0 Å². The molecule has 0 aliphatic carbocycles. The summed E-state index contributed by atoms with van der Waals surface area (Å²) in [5, 5.41) is 15.0. The molecule has 0 heterocycles. The molecule has 14 heteroatoms. The van der Waals surface area contributed by atoms with Crippen molar-refractivity contribution in [3.05, 3.63) is 71.8 Å². The Morgan fingerprint density at radius 3 is 1.09 bits per heavy atom. The van der Waals surface area contributed by atoms with E-state index in [1.165, 1.54) is 36.4 Å². The lowest BCUT2D eigenvalue weighted by Crippen LogP contribution is -2.68. The number of nitrogens with two attached hydrogens (primary N) is 2. The van der Waals surface area contributed by atoms with Gasteiger partial charge in [0.2, 0.25) is 0 Å². The zero-order valence-electron chi connectivity index (χ0n) is 16.8. The number of halogens is 8. The number of alkyl halides is 8. The van der Waals surface area contributed by atoms with E-state index < -0.39 is 47.0 Å². The number of hydrogen-bond acceptors (Lipinski definition) is 2. The fraction of sp³-hybridized carbons (Fsp3) is 0.200. The van der Waals surface area contributed by atoms with Crippen LogP contribution in [-0.4, -0.2) is 47.0 Å². The average Bonchev–Trinajstić information content (AvgIpc) is 2.79. The van der Waals surface area contributed by atoms with Gasteiger partial charge in [0.15, 0.2) is 23.3 Å². The first-order valence-corrected chi connectivity index (χ1v) is 9.06. The third kappa shape index (κ3) is 4.61. The third-order valence-electron chi connectivity index (χ3n) is 4.39. The summed E-state index contributed by atoms with van der Waals surface area (Å²) in [5.74, 6) is -33.2. The Bertz CT molecular complexity index is 1020. The van der Waals surface area contributed by atoms with E-state index in [2.05, 4.69) is 9.98 Å². The van der Waals surface area contributed by atoms with Gasteiger partial charge in [-0.2, -0.15) is 35.1 Å². The van der Waals surface area contributed by atoms with Crippen molar-refractivity contribution in [2.45, 2.75) is 23.7 Å². The van der Waals surface area contributed by atoms with Crippen LogP contribution in [0.25, 0.3) is 0 Å². The molecule has 0 fully saturated rings. The fourth-order valence-corrected chi connectivity index (χ4v) is 2.42. The topological polar surface area (TPSA) is 124 Å². The Morgan fingerprint density at radius 1 is 0.559 bits per heavy atom. The maximum absolute atomic E-state index is 14.2. The number of rotatable bonds is 7. The van der Waals surface area contributed by atoms with Gasteiger partial charge in [-0.3, -0.25) is 10.8 Å². The molecular formula is C20H16F8N6. The van der Waals surface area contributed by atoms with Crippen LogP contribution in [0.15, 0.2) is 70.6 Å². The summed E-state index contributed by atoms with van der Waals surface area (Å²) in [4.78, 5) is 5.38. The molecule has 34 heavy (non-hydrogen) atoms. The lowest BCUT2D eigenvalue weighted by Gasteiger charge is -2.36. The molecule has 0 spiro atoms. The van der Waals surface area contributed by atoms with Crippen molar-refractivity contribution in [1.82, 2.24) is 0 Å². The minimum absolute atomic E-state index is 0.197. The highest BCUT2D eigenvalue weighted by Gasteiger charge is 2.82. The van der Waals surface area contributed by atoms with Crippen LogP contribution in [-0.2, 0) is 0 Å². The first-order chi connectivity index (χ1) is 15.6. The molecular weight excluding hydrogens is 476 g/mol. The zero-order valence-corrected chi connectivity index (χ0v) is 16.8. The Hall–Kier alpha value is -3.84. The molecule has 2 rings (SSSR count). The summed E-state index contributed by atoms with van der Waals surface area (Å²) < 4.78 is 114. The quantitative estimate of drug-likeness (QED) is 0.262. The number of hydrogen-bond donors (Lipinski definition) is 4. The second-order valence-electron chi connectivity index (χ2n) is 6.72. The lowest BCUT2D eigenvalue weighted by atomic mass is 9.97. The Balaban J connectivity index is 2.43. The molecule has 2 aromatic rings. The van der Waals surface area contributed by atoms with E-state index in [0.29, 0.717) is 0 Å². The molecule has 2 aromatic carbocycles. The summed E-state index contributed by atoms with van der Waals surface area (Å²) in [6, 6.07) is 12.8. The summed E-state index contributed by atoms with van der Waals surface area (Å²) in [6.45, 7) is 0. The van der Waals surface area contributed by atoms with Gasteiger partial charge in [-0.1, -0.05) is 60.7 Å². The van der Waals surface area contributed by atoms with E-state index in [4.69, 9.17) is 22.3 Å². The van der Waals surface area contributed by atoms with Crippen molar-refractivity contribution in [2.24, 2.45) is 21.5 Å². The number of benzene rings is 2. The second kappa shape index (κ2) is 9.19. The van der Waals surface area contributed by atoms with Crippen LogP contribution in [0.2, 0.25) is 0 Å². The standard InChI is InChI=1S/C20H16F8N6/c21-17(22,15(31)33-13(29)11-7-3-1-4-8-11)19(25,26)20(27,28)18(23,24)16(32)34-14(30)12-9-5-2-6-10-12/h1-10H,(H3,29,31,33)(H3,30,32,34). The first-order valence-electron chi connectivity index (χ1n) is 9.06. The molecule has 0 radical (unpaired) electrons. The molecule has 0 saturated carbocycles. The summed E-state index contributed by atoms with van der Waals surface area (Å²) in [6.07, 6.45) is 0. The van der Waals surface area contributed by atoms with E-state index in [9.17, 15) is 35.1 Å². The average molecular weight is 492 g/mol. The van der Waals surface area contributed by atoms with Crippen LogP contribution < -0.4 is 11.5 Å². The minimum Gasteiger partial charge on any atom is -0.382 e. The normalized spacial score (nSPS) is 14.1. The van der Waals surface area contributed by atoms with Crippen LogP contribution >= 0.6 is 0 Å². The predicted octanol–water partition coefficient (Wildman–Crippen LogP) is 4.29. The van der Waals surface area contributed by atoms with Crippen molar-refractivity contribution in [2.75, 3.05) is 0 Å². The van der Waals surface area contributed by atoms with E-state index in [1.807, 2.05) is 0 Å². The number of nitrogens with zero attached hydrogens (tertiary/aromatic N) is 2. The molecule has 0 amide bonds. The molecule has 0 unspecified atom stereocenters. The summed E-state index contributed by atoms with van der Waals surface area (Å²) in [5.41, 5.74) is 9.11. The van der Waals surface area contributed by atoms with Gasteiger partial charge in [-0.05, 0) is 0 Å². The minimum atomic E-state index is -6.84. The molecule has 6 N–H and O–H groups in total. The first kappa shape index (κ1) is 26.4. The molecule has 0 bridgehead atoms. The molecule has 182 valence electrons. The lowest BCUT2D eigenvalue weighted by molar-refractivity contribution is -0.334. The van der Waals surface area contributed by atoms with Crippen molar-refractivity contribution >= 4 is 23.3 Å². The molecule has 0 aliphatic heterocycles. The van der Waals surface area contributed by atoms with Gasteiger partial charge < -0.3 is 11.5 Å². The third-order valence-corrected chi connectivity index (χ3v) is 4.39. The van der Waals surface area contributed by atoms with Gasteiger partial charge in [-0.15, -0.1) is 0 Å². The van der Waals surface area contributed by atoms with Gasteiger partial charge in [0, 0.05) is 11.1 Å². The second-order valence-corrected chi connectivity index (χ2v) is 6.72. The number of aliphatic imine (C=N–C) groups is 2. The van der Waals surface area contributed by atoms with Gasteiger partial charge >= 0.3 is 23.7 Å². The van der Waals surface area contributed by atoms with Crippen molar-refractivity contribution in [3.63, 3.8) is 0 Å². The van der Waals surface area contributed by atoms with E-state index in [1.54, 1.807) is 0 Å². The van der Waals surface area contributed by atoms with E-state index >= 15 is 0 Å². The predicted molar refractivity (Wildman–Crippen MR) is 110 cm³/mol. The van der Waals surface area contributed by atoms with Crippen molar-refractivity contribution < 1.29 is 35.1 Å². The van der Waals surface area contributed by atoms with Gasteiger partial charge in [0.1, 0.15) is 0 Å². The van der Waals surface area contributed by atoms with Crippen LogP contribution in [0.4, 0.5) is 35.1 Å². The van der Waals surface area contributed by atoms with E-state index in [-0.39, 0.29) is 11.1 Å². The van der Waals surface area contributed by atoms with Gasteiger partial charge in [-0.25, -0.2) is 9.98 Å². The van der Waals surface area contributed by atoms with Gasteiger partial charge in [0.25, 0.3) is 0 Å². The number of amidine groups is 4. The molecule has 0 aliphatic rings. The number of nitrogens with one attached hydrogen (secondary N) is 2. The zero-order chi connectivity index (χ0) is 25.9. The summed E-state index contributed by atoms with van der Waals surface area (Å²) >= 11 is 0. The molecule has 0 atom stereocenters. The van der Waals surface area contributed by atoms with Crippen LogP contribution in [0, 0.1) is 10.8 Å². The molecule has 6 nitrogen and oxygen atoms in total. The maximum Gasteiger partial charge on any atom is 0.386 e. The highest BCUT2D eigenvalue weighted by Crippen LogP contribution is 2.52. The highest BCUT2D eigenvalue weighted by molar-refractivity contribution is 6.07. The fourth-order valence-electron chi connectivity index (χ4n) is 2.42. The van der Waals surface area contributed by atoms with Gasteiger partial charge in [0.05, 0.1) is 0 Å². The van der Waals surface area contributed by atoms with Crippen LogP contribution in [0.5, 0.6) is 0 Å². The van der Waals surface area contributed by atoms with E-state index in [0.717, 1.165) is 24.3 Å². The summed E-state index contributed by atoms with van der Waals surface area (Å²) in [7, 11) is 0. The Morgan fingerprint density at radius 2 is 0.824 bits per heavy atom. The van der Waals surface area contributed by atoms with Crippen LogP contribution in [0.1, 0.15) is 11.1 Å². The smallest absolute Gasteiger partial charge is 0.382 e. The maximum atomic E-state index is 14.2. The highest BCUT2D eigenvalue weighted by atomic mass is 19.4. The Labute approximate surface area is 187 Å². The molecule has 0 saturated heterocycles. The largest absolute Gasteiger partial charge is 0.386 e. The Kier molecular flexibility index (Phi) is 7.14. The van der Waals surface area contributed by atoms with Crippen molar-refractivity contribution in [3.8, 4) is 0 Å². The van der Waals surface area contributed by atoms with Crippen molar-refractivity contribution in [1.29, 1.82) is 10.8 Å².